The van der Waals surface area contributed by atoms with E-state index in [2.05, 4.69) is 60.2 Å². The van der Waals surface area contributed by atoms with Crippen molar-refractivity contribution in [3.05, 3.63) is 63.9 Å². The van der Waals surface area contributed by atoms with Crippen LogP contribution in [0.5, 0.6) is 0 Å². The Morgan fingerprint density at radius 3 is 2.45 bits per heavy atom. The Morgan fingerprint density at radius 1 is 1.10 bits per heavy atom. The standard InChI is InChI=1S/C17H19BrFN/c1-17(2,3)13-6-4-5-7-16(13)20-11-12-8-9-15(19)14(18)10-12/h4-10,20H,11H2,1-3H3. The molecule has 0 fully saturated rings. The van der Waals surface area contributed by atoms with E-state index in [1.54, 1.807) is 6.07 Å². The van der Waals surface area contributed by atoms with Crippen LogP contribution in [-0.4, -0.2) is 0 Å². The molecule has 0 aliphatic rings. The highest BCUT2D eigenvalue weighted by Gasteiger charge is 2.17. The Bertz CT molecular complexity index is 602. The van der Waals surface area contributed by atoms with Gasteiger partial charge in [0.25, 0.3) is 0 Å². The van der Waals surface area contributed by atoms with Gasteiger partial charge in [-0.3, -0.25) is 0 Å². The van der Waals surface area contributed by atoms with Crippen LogP contribution in [0, 0.1) is 5.82 Å². The average molecular weight is 336 g/mol. The number of benzene rings is 2. The Hall–Kier alpha value is -1.35. The van der Waals surface area contributed by atoms with Gasteiger partial charge in [0, 0.05) is 12.2 Å². The summed E-state index contributed by atoms with van der Waals surface area (Å²) in [6.45, 7) is 7.26. The number of para-hydroxylation sites is 1. The van der Waals surface area contributed by atoms with Crippen LogP contribution in [0.1, 0.15) is 31.9 Å². The van der Waals surface area contributed by atoms with Crippen molar-refractivity contribution in [1.29, 1.82) is 0 Å². The van der Waals surface area contributed by atoms with Crippen molar-refractivity contribution in [3.63, 3.8) is 0 Å². The fourth-order valence-corrected chi connectivity index (χ4v) is 2.56. The van der Waals surface area contributed by atoms with Crippen LogP contribution in [0.15, 0.2) is 46.9 Å². The summed E-state index contributed by atoms with van der Waals surface area (Å²) in [5.74, 6) is -0.233. The molecule has 0 heterocycles. The quantitative estimate of drug-likeness (QED) is 0.781. The van der Waals surface area contributed by atoms with Gasteiger partial charge in [-0.05, 0) is 50.7 Å². The zero-order valence-corrected chi connectivity index (χ0v) is 13.6. The zero-order valence-electron chi connectivity index (χ0n) is 12.0. The van der Waals surface area contributed by atoms with Gasteiger partial charge in [0.1, 0.15) is 5.82 Å². The summed E-state index contributed by atoms with van der Waals surface area (Å²) in [6, 6.07) is 13.4. The SMILES string of the molecule is CC(C)(C)c1ccccc1NCc1ccc(F)c(Br)c1. The molecule has 1 nitrogen and oxygen atoms in total. The molecule has 0 aromatic heterocycles. The maximum absolute atomic E-state index is 13.2. The molecule has 2 rings (SSSR count). The summed E-state index contributed by atoms with van der Waals surface area (Å²) < 4.78 is 13.7. The lowest BCUT2D eigenvalue weighted by Crippen LogP contribution is -2.14. The van der Waals surface area contributed by atoms with Crippen molar-refractivity contribution < 1.29 is 4.39 Å². The van der Waals surface area contributed by atoms with Crippen LogP contribution in [0.3, 0.4) is 0 Å². The van der Waals surface area contributed by atoms with Gasteiger partial charge < -0.3 is 5.32 Å². The van der Waals surface area contributed by atoms with Crippen molar-refractivity contribution in [2.75, 3.05) is 5.32 Å². The first-order chi connectivity index (χ1) is 9.38. The smallest absolute Gasteiger partial charge is 0.137 e. The predicted molar refractivity (Wildman–Crippen MR) is 86.6 cm³/mol. The first kappa shape index (κ1) is 15.0. The molecule has 20 heavy (non-hydrogen) atoms. The second-order valence-electron chi connectivity index (χ2n) is 5.90. The number of hydrogen-bond donors (Lipinski definition) is 1. The van der Waals surface area contributed by atoms with E-state index in [9.17, 15) is 4.39 Å². The third kappa shape index (κ3) is 3.60. The maximum Gasteiger partial charge on any atom is 0.137 e. The Morgan fingerprint density at radius 2 is 1.80 bits per heavy atom. The highest BCUT2D eigenvalue weighted by atomic mass is 79.9. The Balaban J connectivity index is 2.17. The minimum absolute atomic E-state index is 0.0903. The lowest BCUT2D eigenvalue weighted by atomic mass is 9.86. The Kier molecular flexibility index (Phi) is 4.48. The van der Waals surface area contributed by atoms with Crippen LogP contribution in [0.25, 0.3) is 0 Å². The molecule has 0 unspecified atom stereocenters. The van der Waals surface area contributed by atoms with Gasteiger partial charge in [0.2, 0.25) is 0 Å². The summed E-state index contributed by atoms with van der Waals surface area (Å²) in [5.41, 5.74) is 3.54. The van der Waals surface area contributed by atoms with E-state index in [1.807, 2.05) is 12.1 Å². The molecule has 0 amide bonds. The first-order valence-corrected chi connectivity index (χ1v) is 7.44. The van der Waals surface area contributed by atoms with Gasteiger partial charge in [0.05, 0.1) is 4.47 Å². The van der Waals surface area contributed by atoms with E-state index in [0.717, 1.165) is 11.3 Å². The predicted octanol–water partition coefficient (Wildman–Crippen LogP) is 5.50. The molecule has 2 aromatic carbocycles. The molecule has 1 N–H and O–H groups in total. The fourth-order valence-electron chi connectivity index (χ4n) is 2.14. The van der Waals surface area contributed by atoms with Gasteiger partial charge in [-0.2, -0.15) is 0 Å². The van der Waals surface area contributed by atoms with Crippen LogP contribution in [0.2, 0.25) is 0 Å². The molecule has 0 saturated carbocycles. The third-order valence-corrected chi connectivity index (χ3v) is 3.81. The number of anilines is 1. The summed E-state index contributed by atoms with van der Waals surface area (Å²) in [7, 11) is 0. The van der Waals surface area contributed by atoms with Gasteiger partial charge >= 0.3 is 0 Å². The van der Waals surface area contributed by atoms with Gasteiger partial charge in [-0.15, -0.1) is 0 Å². The molecule has 0 atom stereocenters. The molecule has 0 spiro atoms. The van der Waals surface area contributed by atoms with Crippen LogP contribution in [-0.2, 0) is 12.0 Å². The molecule has 0 bridgehead atoms. The fraction of sp³-hybridized carbons (Fsp3) is 0.294. The number of hydrogen-bond acceptors (Lipinski definition) is 1. The van der Waals surface area contributed by atoms with Gasteiger partial charge in [-0.25, -0.2) is 4.39 Å². The highest BCUT2D eigenvalue weighted by Crippen LogP contribution is 2.29. The first-order valence-electron chi connectivity index (χ1n) is 6.65. The highest BCUT2D eigenvalue weighted by molar-refractivity contribution is 9.10. The Labute approximate surface area is 128 Å². The topological polar surface area (TPSA) is 12.0 Å². The average Bonchev–Trinajstić information content (AvgIpc) is 2.39. The normalized spacial score (nSPS) is 11.4. The van der Waals surface area contributed by atoms with Crippen LogP contribution < -0.4 is 5.32 Å². The van der Waals surface area contributed by atoms with Gasteiger partial charge in [0.15, 0.2) is 0 Å². The molecule has 2 aromatic rings. The zero-order chi connectivity index (χ0) is 14.8. The molecular weight excluding hydrogens is 317 g/mol. The summed E-state index contributed by atoms with van der Waals surface area (Å²) in [5, 5.41) is 3.44. The maximum atomic E-state index is 13.2. The van der Waals surface area contributed by atoms with Crippen molar-refractivity contribution in [3.8, 4) is 0 Å². The number of rotatable bonds is 3. The molecular formula is C17H19BrFN. The number of halogens is 2. The summed E-state index contributed by atoms with van der Waals surface area (Å²) in [4.78, 5) is 0. The van der Waals surface area contributed by atoms with Gasteiger partial charge in [-0.1, -0.05) is 45.0 Å². The van der Waals surface area contributed by atoms with E-state index < -0.39 is 0 Å². The van der Waals surface area contributed by atoms with Crippen LogP contribution >= 0.6 is 15.9 Å². The lowest BCUT2D eigenvalue weighted by Gasteiger charge is -2.23. The van der Waals surface area contributed by atoms with E-state index in [-0.39, 0.29) is 11.2 Å². The lowest BCUT2D eigenvalue weighted by molar-refractivity contribution is 0.591. The van der Waals surface area contributed by atoms with E-state index in [4.69, 9.17) is 0 Å². The third-order valence-electron chi connectivity index (χ3n) is 3.20. The minimum atomic E-state index is -0.233. The molecule has 0 saturated heterocycles. The molecule has 3 heteroatoms. The minimum Gasteiger partial charge on any atom is -0.381 e. The van der Waals surface area contributed by atoms with Crippen molar-refractivity contribution in [2.24, 2.45) is 0 Å². The van der Waals surface area contributed by atoms with E-state index in [1.165, 1.54) is 11.6 Å². The monoisotopic (exact) mass is 335 g/mol. The van der Waals surface area contributed by atoms with Crippen molar-refractivity contribution in [1.82, 2.24) is 0 Å². The van der Waals surface area contributed by atoms with E-state index >= 15 is 0 Å². The molecule has 0 aliphatic heterocycles. The number of nitrogens with one attached hydrogen (secondary N) is 1. The second kappa shape index (κ2) is 5.96. The second-order valence-corrected chi connectivity index (χ2v) is 6.75. The van der Waals surface area contributed by atoms with E-state index in [0.29, 0.717) is 11.0 Å². The molecule has 0 aliphatic carbocycles. The molecule has 0 radical (unpaired) electrons. The van der Waals surface area contributed by atoms with Crippen molar-refractivity contribution in [2.45, 2.75) is 32.7 Å². The largest absolute Gasteiger partial charge is 0.381 e. The van der Waals surface area contributed by atoms with Crippen LogP contribution in [0.4, 0.5) is 10.1 Å². The molecule has 106 valence electrons. The summed E-state index contributed by atoms with van der Waals surface area (Å²) in [6.07, 6.45) is 0. The van der Waals surface area contributed by atoms with Crippen molar-refractivity contribution >= 4 is 21.6 Å². The summed E-state index contributed by atoms with van der Waals surface area (Å²) >= 11 is 3.22.